The predicted octanol–water partition coefficient (Wildman–Crippen LogP) is 1.93. The van der Waals surface area contributed by atoms with Crippen LogP contribution >= 0.6 is 11.6 Å². The number of fused-ring (bicyclic) bond motifs is 1. The van der Waals surface area contributed by atoms with Crippen LogP contribution in [0.4, 0.5) is 5.82 Å². The van der Waals surface area contributed by atoms with E-state index in [0.717, 1.165) is 43.0 Å². The molecule has 9 heteroatoms. The summed E-state index contributed by atoms with van der Waals surface area (Å²) in [4.78, 5) is 34.4. The molecule has 2 N–H and O–H groups in total. The summed E-state index contributed by atoms with van der Waals surface area (Å²) in [6.07, 6.45) is 4.82. The Balaban J connectivity index is 1.37. The van der Waals surface area contributed by atoms with Gasteiger partial charge in [-0.1, -0.05) is 6.07 Å². The summed E-state index contributed by atoms with van der Waals surface area (Å²) in [5, 5.41) is 3.15. The van der Waals surface area contributed by atoms with Crippen LogP contribution in [0.15, 0.2) is 30.7 Å². The van der Waals surface area contributed by atoms with E-state index >= 15 is 0 Å². The molecule has 4 heterocycles. The second-order valence-electron chi connectivity index (χ2n) is 6.22. The number of carbonyl (C=O) groups is 1. The molecule has 0 spiro atoms. The van der Waals surface area contributed by atoms with Crippen LogP contribution in [0.2, 0.25) is 5.28 Å². The molecule has 1 aliphatic heterocycles. The van der Waals surface area contributed by atoms with Crippen LogP contribution in [0, 0.1) is 5.92 Å². The second kappa shape index (κ2) is 7.25. The number of halogens is 1. The van der Waals surface area contributed by atoms with E-state index in [1.54, 1.807) is 12.5 Å². The van der Waals surface area contributed by atoms with Crippen molar-refractivity contribution < 1.29 is 4.79 Å². The number of carbonyl (C=O) groups excluding carboxylic acids is 1. The Hall–Kier alpha value is -2.74. The molecule has 1 aliphatic rings. The van der Waals surface area contributed by atoms with Gasteiger partial charge >= 0.3 is 0 Å². The molecular weight excluding hydrogens is 354 g/mol. The zero-order valence-electron chi connectivity index (χ0n) is 14.0. The maximum absolute atomic E-state index is 12.4. The number of amides is 1. The fourth-order valence-corrected chi connectivity index (χ4v) is 3.36. The molecular formula is C17H18ClN7O. The molecule has 134 valence electrons. The minimum atomic E-state index is -0.00970. The fraction of sp³-hybridized carbons (Fsp3) is 0.353. The highest BCUT2D eigenvalue weighted by Gasteiger charge is 2.27. The third-order valence-corrected chi connectivity index (χ3v) is 4.74. The van der Waals surface area contributed by atoms with Crippen molar-refractivity contribution >= 4 is 34.5 Å². The summed E-state index contributed by atoms with van der Waals surface area (Å²) in [6.45, 7) is 1.91. The van der Waals surface area contributed by atoms with E-state index < -0.39 is 0 Å². The molecule has 0 atom stereocenters. The van der Waals surface area contributed by atoms with Gasteiger partial charge in [0.1, 0.15) is 5.52 Å². The van der Waals surface area contributed by atoms with Gasteiger partial charge < -0.3 is 15.2 Å². The van der Waals surface area contributed by atoms with Gasteiger partial charge in [0, 0.05) is 25.2 Å². The number of anilines is 1. The van der Waals surface area contributed by atoms with Crippen LogP contribution in [0.5, 0.6) is 0 Å². The monoisotopic (exact) mass is 371 g/mol. The fourth-order valence-electron chi connectivity index (χ4n) is 3.20. The normalized spacial score (nSPS) is 15.3. The number of pyridine rings is 1. The molecule has 0 saturated carbocycles. The second-order valence-corrected chi connectivity index (χ2v) is 6.56. The predicted molar refractivity (Wildman–Crippen MR) is 97.7 cm³/mol. The first-order chi connectivity index (χ1) is 12.7. The summed E-state index contributed by atoms with van der Waals surface area (Å²) in [5.41, 5.74) is 2.18. The van der Waals surface area contributed by atoms with E-state index in [-0.39, 0.29) is 17.1 Å². The third-order valence-electron chi connectivity index (χ3n) is 4.57. The Morgan fingerprint density at radius 1 is 1.27 bits per heavy atom. The number of hydrogen-bond donors (Lipinski definition) is 2. The number of H-pyrrole nitrogens is 1. The van der Waals surface area contributed by atoms with Gasteiger partial charge in [-0.15, -0.1) is 0 Å². The summed E-state index contributed by atoms with van der Waals surface area (Å²) in [5.74, 6) is 0.803. The molecule has 1 fully saturated rings. The van der Waals surface area contributed by atoms with Gasteiger partial charge in [-0.2, -0.15) is 9.97 Å². The molecule has 0 aromatic carbocycles. The number of aromatic nitrogens is 5. The van der Waals surface area contributed by atoms with Gasteiger partial charge in [-0.05, 0) is 36.6 Å². The largest absolute Gasteiger partial charge is 0.355 e. The van der Waals surface area contributed by atoms with Crippen LogP contribution in [0.1, 0.15) is 18.5 Å². The van der Waals surface area contributed by atoms with Gasteiger partial charge in [0.25, 0.3) is 0 Å². The summed E-state index contributed by atoms with van der Waals surface area (Å²) in [7, 11) is 0. The first-order valence-corrected chi connectivity index (χ1v) is 8.87. The summed E-state index contributed by atoms with van der Waals surface area (Å²) in [6, 6.07) is 5.67. The molecule has 1 saturated heterocycles. The zero-order chi connectivity index (χ0) is 17.9. The van der Waals surface area contributed by atoms with E-state index in [4.69, 9.17) is 11.6 Å². The van der Waals surface area contributed by atoms with Gasteiger partial charge in [0.2, 0.25) is 11.2 Å². The molecule has 3 aromatic rings. The van der Waals surface area contributed by atoms with Crippen molar-refractivity contribution in [3.05, 3.63) is 41.7 Å². The van der Waals surface area contributed by atoms with Gasteiger partial charge in [-0.3, -0.25) is 9.78 Å². The number of rotatable bonds is 4. The molecule has 26 heavy (non-hydrogen) atoms. The first-order valence-electron chi connectivity index (χ1n) is 8.50. The standard InChI is InChI=1S/C17H18ClN7O/c18-17-23-14-13(21-10-22-14)15(24-17)25-7-4-11(5-8-25)16(26)20-9-12-3-1-2-6-19-12/h1-3,6,10-11H,4-5,7-9H2,(H,20,26)(H,21,22,23,24). The van der Waals surface area contributed by atoms with Crippen molar-refractivity contribution in [3.63, 3.8) is 0 Å². The van der Waals surface area contributed by atoms with Crippen molar-refractivity contribution in [1.29, 1.82) is 0 Å². The first kappa shape index (κ1) is 16.7. The molecule has 3 aromatic heterocycles. The van der Waals surface area contributed by atoms with Crippen LogP contribution in [0.25, 0.3) is 11.2 Å². The average Bonchev–Trinajstić information content (AvgIpc) is 3.15. The molecule has 0 unspecified atom stereocenters. The van der Waals surface area contributed by atoms with Gasteiger partial charge in [-0.25, -0.2) is 4.98 Å². The Morgan fingerprint density at radius 2 is 2.12 bits per heavy atom. The van der Waals surface area contributed by atoms with Gasteiger partial charge in [0.05, 0.1) is 18.6 Å². The Bertz CT molecular complexity index is 906. The highest BCUT2D eigenvalue weighted by Crippen LogP contribution is 2.27. The number of piperidine rings is 1. The molecule has 4 rings (SSSR count). The zero-order valence-corrected chi connectivity index (χ0v) is 14.8. The highest BCUT2D eigenvalue weighted by molar-refractivity contribution is 6.28. The lowest BCUT2D eigenvalue weighted by Gasteiger charge is -2.32. The maximum Gasteiger partial charge on any atom is 0.226 e. The lowest BCUT2D eigenvalue weighted by molar-refractivity contribution is -0.125. The quantitative estimate of drug-likeness (QED) is 0.680. The molecule has 0 radical (unpaired) electrons. The van der Waals surface area contributed by atoms with Crippen LogP contribution in [-0.4, -0.2) is 43.9 Å². The van der Waals surface area contributed by atoms with Gasteiger partial charge in [0.15, 0.2) is 11.5 Å². The van der Waals surface area contributed by atoms with Crippen molar-refractivity contribution in [3.8, 4) is 0 Å². The minimum Gasteiger partial charge on any atom is -0.355 e. The van der Waals surface area contributed by atoms with Crippen molar-refractivity contribution in [1.82, 2.24) is 30.2 Å². The van der Waals surface area contributed by atoms with E-state index in [0.29, 0.717) is 12.2 Å². The van der Waals surface area contributed by atoms with Crippen LogP contribution in [-0.2, 0) is 11.3 Å². The van der Waals surface area contributed by atoms with Crippen molar-refractivity contribution in [2.75, 3.05) is 18.0 Å². The Labute approximate surface area is 155 Å². The van der Waals surface area contributed by atoms with E-state index in [9.17, 15) is 4.79 Å². The van der Waals surface area contributed by atoms with Crippen molar-refractivity contribution in [2.45, 2.75) is 19.4 Å². The summed E-state index contributed by atoms with van der Waals surface area (Å²) < 4.78 is 0. The summed E-state index contributed by atoms with van der Waals surface area (Å²) >= 11 is 6.01. The number of imidazole rings is 1. The molecule has 1 amide bonds. The number of hydrogen-bond acceptors (Lipinski definition) is 6. The Kier molecular flexibility index (Phi) is 4.66. The molecule has 0 aliphatic carbocycles. The topological polar surface area (TPSA) is 99.7 Å². The van der Waals surface area contributed by atoms with Crippen LogP contribution in [0.3, 0.4) is 0 Å². The van der Waals surface area contributed by atoms with E-state index in [1.807, 2.05) is 18.2 Å². The maximum atomic E-state index is 12.4. The SMILES string of the molecule is O=C(NCc1ccccn1)C1CCN(c2nc(Cl)nc3nc[nH]c23)CC1. The molecule has 8 nitrogen and oxygen atoms in total. The molecule has 0 bridgehead atoms. The number of nitrogens with one attached hydrogen (secondary N) is 2. The highest BCUT2D eigenvalue weighted by atomic mass is 35.5. The van der Waals surface area contributed by atoms with Crippen LogP contribution < -0.4 is 10.2 Å². The third kappa shape index (κ3) is 3.45. The van der Waals surface area contributed by atoms with E-state index in [2.05, 4.69) is 35.1 Å². The van der Waals surface area contributed by atoms with E-state index in [1.165, 1.54) is 0 Å². The number of aromatic amines is 1. The smallest absolute Gasteiger partial charge is 0.226 e. The van der Waals surface area contributed by atoms with Crippen molar-refractivity contribution in [2.24, 2.45) is 5.92 Å². The number of nitrogens with zero attached hydrogens (tertiary/aromatic N) is 5. The average molecular weight is 372 g/mol. The Morgan fingerprint density at radius 3 is 2.88 bits per heavy atom. The lowest BCUT2D eigenvalue weighted by Crippen LogP contribution is -2.40. The lowest BCUT2D eigenvalue weighted by atomic mass is 9.96. The minimum absolute atomic E-state index is 0.00970.